The van der Waals surface area contributed by atoms with Crippen LogP contribution in [0.5, 0.6) is 0 Å². The van der Waals surface area contributed by atoms with Crippen LogP contribution in [0.1, 0.15) is 37.0 Å². The number of nitrogens with zero attached hydrogens (tertiary/aromatic N) is 1. The molecule has 0 saturated carbocycles. The molecule has 0 radical (unpaired) electrons. The topological polar surface area (TPSA) is 110 Å². The highest BCUT2D eigenvalue weighted by Gasteiger charge is 2.27. The van der Waals surface area contributed by atoms with Crippen molar-refractivity contribution in [2.45, 2.75) is 37.6 Å². The molecule has 1 aliphatic rings. The van der Waals surface area contributed by atoms with Crippen molar-refractivity contribution in [3.63, 3.8) is 0 Å². The highest BCUT2D eigenvalue weighted by Crippen LogP contribution is 2.14. The first-order valence-electron chi connectivity index (χ1n) is 7.83. The van der Waals surface area contributed by atoms with Crippen molar-refractivity contribution in [1.82, 2.24) is 9.62 Å². The molecule has 0 unspecified atom stereocenters. The van der Waals surface area contributed by atoms with Gasteiger partial charge in [-0.2, -0.15) is 0 Å². The maximum atomic E-state index is 12.1. The lowest BCUT2D eigenvalue weighted by Crippen LogP contribution is -2.35. The SMILES string of the molecule is CC(C)NS(=O)(=O)c1cccc(C(=O)OCC(=O)N2CCCC2=O)c1. The third-order valence-corrected chi connectivity index (χ3v) is 5.13. The molecule has 25 heavy (non-hydrogen) atoms. The van der Waals surface area contributed by atoms with Gasteiger partial charge in [-0.05, 0) is 38.5 Å². The summed E-state index contributed by atoms with van der Waals surface area (Å²) in [5.74, 6) is -1.70. The molecular formula is C16H20N2O6S. The molecule has 1 aromatic rings. The van der Waals surface area contributed by atoms with Gasteiger partial charge in [0, 0.05) is 19.0 Å². The van der Waals surface area contributed by atoms with Gasteiger partial charge < -0.3 is 4.74 Å². The number of carbonyl (C=O) groups is 3. The molecule has 1 aliphatic heterocycles. The Hall–Kier alpha value is -2.26. The van der Waals surface area contributed by atoms with E-state index in [1.807, 2.05) is 0 Å². The molecular weight excluding hydrogens is 348 g/mol. The van der Waals surface area contributed by atoms with Gasteiger partial charge in [-0.3, -0.25) is 14.5 Å². The molecule has 136 valence electrons. The molecule has 1 N–H and O–H groups in total. The lowest BCUT2D eigenvalue weighted by atomic mass is 10.2. The summed E-state index contributed by atoms with van der Waals surface area (Å²) in [4.78, 5) is 36.4. The Morgan fingerprint density at radius 3 is 2.64 bits per heavy atom. The van der Waals surface area contributed by atoms with Gasteiger partial charge in [-0.25, -0.2) is 17.9 Å². The molecule has 0 aromatic heterocycles. The zero-order valence-corrected chi connectivity index (χ0v) is 14.8. The number of hydrogen-bond acceptors (Lipinski definition) is 6. The van der Waals surface area contributed by atoms with E-state index < -0.39 is 28.5 Å². The Kier molecular flexibility index (Phi) is 5.91. The summed E-state index contributed by atoms with van der Waals surface area (Å²) < 4.78 is 31.6. The summed E-state index contributed by atoms with van der Waals surface area (Å²) in [6, 6.07) is 5.05. The van der Waals surface area contributed by atoms with Crippen molar-refractivity contribution in [3.8, 4) is 0 Å². The minimum absolute atomic E-state index is 0.00665. The molecule has 0 atom stereocenters. The minimum Gasteiger partial charge on any atom is -0.452 e. The van der Waals surface area contributed by atoms with Crippen LogP contribution in [-0.4, -0.2) is 50.3 Å². The van der Waals surface area contributed by atoms with Crippen LogP contribution < -0.4 is 4.72 Å². The second kappa shape index (κ2) is 7.75. The standard InChI is InChI=1S/C16H20N2O6S/c1-11(2)17-25(22,23)13-6-3-5-12(9-13)16(21)24-10-15(20)18-8-4-7-14(18)19/h3,5-6,9,11,17H,4,7-8,10H2,1-2H3. The van der Waals surface area contributed by atoms with Gasteiger partial charge in [0.15, 0.2) is 6.61 Å². The molecule has 1 aromatic carbocycles. The van der Waals surface area contributed by atoms with Gasteiger partial charge in [-0.15, -0.1) is 0 Å². The second-order valence-electron chi connectivity index (χ2n) is 5.92. The lowest BCUT2D eigenvalue weighted by molar-refractivity contribution is -0.143. The van der Waals surface area contributed by atoms with Crippen LogP contribution >= 0.6 is 0 Å². The zero-order valence-electron chi connectivity index (χ0n) is 14.0. The van der Waals surface area contributed by atoms with Crippen LogP contribution in [-0.2, 0) is 24.3 Å². The average Bonchev–Trinajstić information content (AvgIpc) is 2.97. The van der Waals surface area contributed by atoms with Gasteiger partial charge in [0.1, 0.15) is 0 Å². The van der Waals surface area contributed by atoms with Crippen molar-refractivity contribution in [1.29, 1.82) is 0 Å². The fourth-order valence-electron chi connectivity index (χ4n) is 2.37. The smallest absolute Gasteiger partial charge is 0.338 e. The molecule has 1 heterocycles. The molecule has 1 fully saturated rings. The second-order valence-corrected chi connectivity index (χ2v) is 7.64. The summed E-state index contributed by atoms with van der Waals surface area (Å²) >= 11 is 0. The van der Waals surface area contributed by atoms with Crippen LogP contribution in [0, 0.1) is 0 Å². The zero-order chi connectivity index (χ0) is 18.6. The van der Waals surface area contributed by atoms with Crippen LogP contribution in [0.25, 0.3) is 0 Å². The van der Waals surface area contributed by atoms with Crippen molar-refractivity contribution < 1.29 is 27.5 Å². The predicted molar refractivity (Wildman–Crippen MR) is 88.1 cm³/mol. The summed E-state index contributed by atoms with van der Waals surface area (Å²) in [6.45, 7) is 3.12. The number of likely N-dealkylation sites (tertiary alicyclic amines) is 1. The number of esters is 1. The Morgan fingerprint density at radius 2 is 2.04 bits per heavy atom. The third kappa shape index (κ3) is 4.86. The van der Waals surface area contributed by atoms with Gasteiger partial charge >= 0.3 is 5.97 Å². The Bertz CT molecular complexity index is 788. The maximum Gasteiger partial charge on any atom is 0.338 e. The van der Waals surface area contributed by atoms with E-state index >= 15 is 0 Å². The first-order chi connectivity index (χ1) is 11.7. The quantitative estimate of drug-likeness (QED) is 0.740. The van der Waals surface area contributed by atoms with Crippen LogP contribution in [0.4, 0.5) is 0 Å². The van der Waals surface area contributed by atoms with E-state index in [-0.39, 0.29) is 22.4 Å². The van der Waals surface area contributed by atoms with E-state index in [9.17, 15) is 22.8 Å². The van der Waals surface area contributed by atoms with E-state index in [0.29, 0.717) is 19.4 Å². The lowest BCUT2D eigenvalue weighted by Gasteiger charge is -2.13. The number of imide groups is 1. The van der Waals surface area contributed by atoms with E-state index in [1.165, 1.54) is 24.3 Å². The molecule has 2 rings (SSSR count). The number of ether oxygens (including phenoxy) is 1. The number of benzene rings is 1. The summed E-state index contributed by atoms with van der Waals surface area (Å²) in [7, 11) is -3.74. The molecule has 2 amide bonds. The monoisotopic (exact) mass is 368 g/mol. The van der Waals surface area contributed by atoms with E-state index in [1.54, 1.807) is 13.8 Å². The molecule has 0 bridgehead atoms. The summed E-state index contributed by atoms with van der Waals surface area (Å²) in [5.41, 5.74) is 0.00665. The van der Waals surface area contributed by atoms with E-state index in [2.05, 4.69) is 4.72 Å². The molecule has 1 saturated heterocycles. The number of hydrogen-bond donors (Lipinski definition) is 1. The Morgan fingerprint density at radius 1 is 1.32 bits per heavy atom. The van der Waals surface area contributed by atoms with Crippen LogP contribution in [0.2, 0.25) is 0 Å². The summed E-state index contributed by atoms with van der Waals surface area (Å²) in [5, 5.41) is 0. The van der Waals surface area contributed by atoms with Gasteiger partial charge in [-0.1, -0.05) is 6.07 Å². The van der Waals surface area contributed by atoms with Crippen molar-refractivity contribution >= 4 is 27.8 Å². The molecule has 8 nitrogen and oxygen atoms in total. The first kappa shape index (κ1) is 19.1. The molecule has 9 heteroatoms. The number of sulfonamides is 1. The Labute approximate surface area is 146 Å². The van der Waals surface area contributed by atoms with Crippen LogP contribution in [0.15, 0.2) is 29.2 Å². The highest BCUT2D eigenvalue weighted by atomic mass is 32.2. The average molecular weight is 368 g/mol. The van der Waals surface area contributed by atoms with E-state index in [0.717, 1.165) is 4.90 Å². The first-order valence-corrected chi connectivity index (χ1v) is 9.32. The van der Waals surface area contributed by atoms with Crippen molar-refractivity contribution in [3.05, 3.63) is 29.8 Å². The number of carbonyl (C=O) groups excluding carboxylic acids is 3. The normalized spacial score (nSPS) is 14.8. The molecule has 0 spiro atoms. The fourth-order valence-corrected chi connectivity index (χ4v) is 3.67. The van der Waals surface area contributed by atoms with E-state index in [4.69, 9.17) is 4.74 Å². The van der Waals surface area contributed by atoms with Gasteiger partial charge in [0.2, 0.25) is 15.9 Å². The number of nitrogens with one attached hydrogen (secondary N) is 1. The third-order valence-electron chi connectivity index (χ3n) is 3.47. The van der Waals surface area contributed by atoms with Crippen molar-refractivity contribution in [2.24, 2.45) is 0 Å². The highest BCUT2D eigenvalue weighted by molar-refractivity contribution is 7.89. The number of amides is 2. The molecule has 0 aliphatic carbocycles. The van der Waals surface area contributed by atoms with Crippen molar-refractivity contribution in [2.75, 3.05) is 13.2 Å². The van der Waals surface area contributed by atoms with Crippen LogP contribution in [0.3, 0.4) is 0 Å². The summed E-state index contributed by atoms with van der Waals surface area (Å²) in [6.07, 6.45) is 0.906. The number of rotatable bonds is 6. The fraction of sp³-hybridized carbons (Fsp3) is 0.438. The minimum atomic E-state index is -3.74. The predicted octanol–water partition coefficient (Wildman–Crippen LogP) is 0.679. The Balaban J connectivity index is 2.04. The van der Waals surface area contributed by atoms with Gasteiger partial charge in [0.25, 0.3) is 5.91 Å². The largest absolute Gasteiger partial charge is 0.452 e. The van der Waals surface area contributed by atoms with Gasteiger partial charge in [0.05, 0.1) is 10.5 Å². The maximum absolute atomic E-state index is 12.1.